The molecule has 92 valence electrons. The molecular weight excluding hydrogens is 208 g/mol. The topological polar surface area (TPSA) is 0 Å². The van der Waals surface area contributed by atoms with Crippen molar-refractivity contribution in [1.82, 2.24) is 0 Å². The molecule has 0 aromatic heterocycles. The van der Waals surface area contributed by atoms with Crippen LogP contribution in [-0.4, -0.2) is 8.07 Å². The number of allylic oxidation sites excluding steroid dienone is 2. The molecule has 1 heteroatoms. The van der Waals surface area contributed by atoms with E-state index in [9.17, 15) is 0 Å². The summed E-state index contributed by atoms with van der Waals surface area (Å²) in [7, 11) is -1.13. The quantitative estimate of drug-likeness (QED) is 0.247. The molecule has 0 saturated carbocycles. The fraction of sp³-hybridized carbons (Fsp3) is 0.733. The van der Waals surface area contributed by atoms with Gasteiger partial charge >= 0.3 is 0 Å². The normalized spacial score (nSPS) is 11.5. The van der Waals surface area contributed by atoms with Crippen LogP contribution in [0.25, 0.3) is 0 Å². The van der Waals surface area contributed by atoms with Gasteiger partial charge in [0, 0.05) is 6.42 Å². The van der Waals surface area contributed by atoms with Crippen LogP contribution in [0.15, 0.2) is 12.2 Å². The Hall–Kier alpha value is -0.483. The first-order valence-electron chi connectivity index (χ1n) is 6.71. The second kappa shape index (κ2) is 9.72. The lowest BCUT2D eigenvalue weighted by atomic mass is 10.1. The molecule has 0 radical (unpaired) electrons. The number of hydrogen-bond acceptors (Lipinski definition) is 0. The van der Waals surface area contributed by atoms with Crippen LogP contribution in [0.5, 0.6) is 0 Å². The lowest BCUT2D eigenvalue weighted by molar-refractivity contribution is 0.674. The van der Waals surface area contributed by atoms with Crippen molar-refractivity contribution in [2.45, 2.75) is 71.5 Å². The largest absolute Gasteiger partial charge is 0.132 e. The molecular formula is C15H28Si. The Morgan fingerprint density at radius 2 is 1.62 bits per heavy atom. The van der Waals surface area contributed by atoms with E-state index >= 15 is 0 Å². The first-order valence-corrected chi connectivity index (χ1v) is 10.2. The highest BCUT2D eigenvalue weighted by atomic mass is 28.3. The Balaban J connectivity index is 3.37. The molecule has 0 atom stereocenters. The van der Waals surface area contributed by atoms with E-state index in [0.29, 0.717) is 0 Å². The van der Waals surface area contributed by atoms with Gasteiger partial charge in [0.1, 0.15) is 8.07 Å². The highest BCUT2D eigenvalue weighted by Crippen LogP contribution is 2.03. The maximum Gasteiger partial charge on any atom is 0.129 e. The van der Waals surface area contributed by atoms with E-state index < -0.39 is 8.07 Å². The summed E-state index contributed by atoms with van der Waals surface area (Å²) in [6.45, 7) is 9.14. The van der Waals surface area contributed by atoms with E-state index in [2.05, 4.69) is 50.2 Å². The molecule has 16 heavy (non-hydrogen) atoms. The first kappa shape index (κ1) is 15.5. The van der Waals surface area contributed by atoms with Crippen molar-refractivity contribution in [3.63, 3.8) is 0 Å². The molecule has 0 aliphatic rings. The number of unbranched alkanes of at least 4 members (excludes halogenated alkanes) is 5. The zero-order chi connectivity index (χ0) is 12.3. The number of hydrogen-bond donors (Lipinski definition) is 0. The molecule has 0 nitrogen and oxygen atoms in total. The van der Waals surface area contributed by atoms with Gasteiger partial charge in [-0.25, -0.2) is 0 Å². The summed E-state index contributed by atoms with van der Waals surface area (Å²) < 4.78 is 0. The zero-order valence-corrected chi connectivity index (χ0v) is 12.6. The highest BCUT2D eigenvalue weighted by Gasteiger charge is 2.06. The molecule has 0 unspecified atom stereocenters. The Bertz CT molecular complexity index is 234. The van der Waals surface area contributed by atoms with Crippen molar-refractivity contribution in [3.8, 4) is 11.5 Å². The van der Waals surface area contributed by atoms with Crippen LogP contribution in [0.2, 0.25) is 19.6 Å². The van der Waals surface area contributed by atoms with Gasteiger partial charge in [0.15, 0.2) is 0 Å². The van der Waals surface area contributed by atoms with Gasteiger partial charge in [0.05, 0.1) is 0 Å². The Morgan fingerprint density at radius 1 is 0.938 bits per heavy atom. The van der Waals surface area contributed by atoms with Crippen LogP contribution in [-0.2, 0) is 0 Å². The molecule has 0 rings (SSSR count). The Morgan fingerprint density at radius 3 is 2.25 bits per heavy atom. The summed E-state index contributed by atoms with van der Waals surface area (Å²) >= 11 is 0. The van der Waals surface area contributed by atoms with Crippen LogP contribution < -0.4 is 0 Å². The standard InChI is InChI=1S/C15H28Si/c1-5-6-7-8-9-10-11-12-13-14-15-16(2,3)4/h10-11H,5-9,12-13H2,1-4H3/b11-10-. The van der Waals surface area contributed by atoms with Crippen molar-refractivity contribution in [2.24, 2.45) is 0 Å². The molecule has 0 amide bonds. The van der Waals surface area contributed by atoms with Gasteiger partial charge in [0.2, 0.25) is 0 Å². The minimum Gasteiger partial charge on any atom is -0.132 e. The molecule has 0 spiro atoms. The molecule has 0 heterocycles. The Kier molecular flexibility index (Phi) is 9.43. The van der Waals surface area contributed by atoms with Crippen molar-refractivity contribution >= 4 is 8.07 Å². The average molecular weight is 236 g/mol. The van der Waals surface area contributed by atoms with Crippen LogP contribution >= 0.6 is 0 Å². The summed E-state index contributed by atoms with van der Waals surface area (Å²) in [6, 6.07) is 0. The SMILES string of the molecule is CCCCCC/C=C\CCC#C[Si](C)(C)C. The van der Waals surface area contributed by atoms with Gasteiger partial charge in [-0.15, -0.1) is 11.5 Å². The average Bonchev–Trinajstić information content (AvgIpc) is 2.19. The van der Waals surface area contributed by atoms with Crippen LogP contribution in [0.4, 0.5) is 0 Å². The lowest BCUT2D eigenvalue weighted by Crippen LogP contribution is -2.16. The minimum absolute atomic E-state index is 1.04. The third-order valence-corrected chi connectivity index (χ3v) is 3.22. The van der Waals surface area contributed by atoms with Crippen molar-refractivity contribution in [3.05, 3.63) is 12.2 Å². The fourth-order valence-electron chi connectivity index (χ4n) is 1.41. The summed E-state index contributed by atoms with van der Waals surface area (Å²) in [5.41, 5.74) is 3.40. The lowest BCUT2D eigenvalue weighted by Gasteiger charge is -2.02. The highest BCUT2D eigenvalue weighted by molar-refractivity contribution is 6.83. The van der Waals surface area contributed by atoms with E-state index in [1.807, 2.05) is 0 Å². The molecule has 0 aliphatic heterocycles. The van der Waals surface area contributed by atoms with E-state index in [4.69, 9.17) is 0 Å². The van der Waals surface area contributed by atoms with Gasteiger partial charge in [0.25, 0.3) is 0 Å². The minimum atomic E-state index is -1.13. The van der Waals surface area contributed by atoms with Crippen LogP contribution in [0, 0.1) is 11.5 Å². The summed E-state index contributed by atoms with van der Waals surface area (Å²) in [5.74, 6) is 3.30. The number of rotatable bonds is 7. The summed E-state index contributed by atoms with van der Waals surface area (Å²) in [6.07, 6.45) is 13.5. The smallest absolute Gasteiger partial charge is 0.129 e. The summed E-state index contributed by atoms with van der Waals surface area (Å²) in [4.78, 5) is 0. The van der Waals surface area contributed by atoms with Gasteiger partial charge in [-0.2, -0.15) is 0 Å². The fourth-order valence-corrected chi connectivity index (χ4v) is 2.06. The molecule has 0 aromatic carbocycles. The van der Waals surface area contributed by atoms with Crippen LogP contribution in [0.3, 0.4) is 0 Å². The predicted molar refractivity (Wildman–Crippen MR) is 78.3 cm³/mol. The van der Waals surface area contributed by atoms with E-state index in [1.165, 1.54) is 32.1 Å². The second-order valence-corrected chi connectivity index (χ2v) is 10.2. The van der Waals surface area contributed by atoms with Gasteiger partial charge in [-0.1, -0.05) is 58.0 Å². The third kappa shape index (κ3) is 13.5. The van der Waals surface area contributed by atoms with Gasteiger partial charge in [-0.3, -0.25) is 0 Å². The molecule has 0 saturated heterocycles. The zero-order valence-electron chi connectivity index (χ0n) is 11.6. The van der Waals surface area contributed by atoms with Crippen molar-refractivity contribution in [1.29, 1.82) is 0 Å². The molecule has 0 N–H and O–H groups in total. The maximum absolute atomic E-state index is 3.40. The first-order chi connectivity index (χ1) is 7.56. The molecule has 0 aromatic rings. The molecule has 0 aliphatic carbocycles. The third-order valence-electron chi connectivity index (χ3n) is 2.29. The van der Waals surface area contributed by atoms with Gasteiger partial charge in [-0.05, 0) is 19.3 Å². The van der Waals surface area contributed by atoms with Crippen molar-refractivity contribution < 1.29 is 0 Å². The molecule has 0 fully saturated rings. The van der Waals surface area contributed by atoms with Crippen molar-refractivity contribution in [2.75, 3.05) is 0 Å². The monoisotopic (exact) mass is 236 g/mol. The van der Waals surface area contributed by atoms with Gasteiger partial charge < -0.3 is 0 Å². The van der Waals surface area contributed by atoms with E-state index in [1.54, 1.807) is 0 Å². The Labute approximate surface area is 104 Å². The van der Waals surface area contributed by atoms with E-state index in [0.717, 1.165) is 12.8 Å². The van der Waals surface area contributed by atoms with E-state index in [-0.39, 0.29) is 0 Å². The van der Waals surface area contributed by atoms with Crippen LogP contribution in [0.1, 0.15) is 51.9 Å². The predicted octanol–water partition coefficient (Wildman–Crippen LogP) is 5.17. The summed E-state index contributed by atoms with van der Waals surface area (Å²) in [5, 5.41) is 0. The maximum atomic E-state index is 3.40. The second-order valence-electron chi connectivity index (χ2n) is 5.41. The molecule has 0 bridgehead atoms.